The minimum Gasteiger partial charge on any atom is -0.330 e. The van der Waals surface area contributed by atoms with Crippen LogP contribution >= 0.6 is 11.8 Å². The van der Waals surface area contributed by atoms with Gasteiger partial charge in [0.15, 0.2) is 0 Å². The molecular weight excluding hydrogens is 242 g/mol. The molecule has 0 aliphatic heterocycles. The van der Waals surface area contributed by atoms with Gasteiger partial charge in [0.1, 0.15) is 5.82 Å². The summed E-state index contributed by atoms with van der Waals surface area (Å²) in [6.07, 6.45) is 4.58. The van der Waals surface area contributed by atoms with Gasteiger partial charge in [0.05, 0.1) is 5.75 Å². The first kappa shape index (κ1) is 13.1. The highest BCUT2D eigenvalue weighted by Gasteiger charge is 2.01. The first-order valence-corrected chi connectivity index (χ1v) is 6.96. The number of rotatable bonds is 5. The average molecular weight is 259 g/mol. The van der Waals surface area contributed by atoms with Crippen LogP contribution in [0, 0.1) is 6.92 Å². The van der Waals surface area contributed by atoms with Gasteiger partial charge in [-0.15, -0.1) is 11.8 Å². The van der Waals surface area contributed by atoms with E-state index in [2.05, 4.69) is 41.2 Å². The Balaban J connectivity index is 1.96. The van der Waals surface area contributed by atoms with E-state index in [0.717, 1.165) is 23.6 Å². The zero-order valence-corrected chi connectivity index (χ0v) is 11.3. The van der Waals surface area contributed by atoms with Gasteiger partial charge < -0.3 is 5.73 Å². The van der Waals surface area contributed by atoms with Crippen LogP contribution in [-0.2, 0) is 12.2 Å². The van der Waals surface area contributed by atoms with Crippen LogP contribution in [0.5, 0.6) is 0 Å². The molecule has 0 bridgehead atoms. The summed E-state index contributed by atoms with van der Waals surface area (Å²) in [5, 5.41) is 0. The predicted molar refractivity (Wildman–Crippen MR) is 75.5 cm³/mol. The van der Waals surface area contributed by atoms with E-state index in [1.54, 1.807) is 11.8 Å². The molecular formula is C14H17N3S. The summed E-state index contributed by atoms with van der Waals surface area (Å²) in [4.78, 5) is 9.99. The molecule has 0 unspecified atom stereocenters. The van der Waals surface area contributed by atoms with E-state index in [9.17, 15) is 0 Å². The first-order valence-electron chi connectivity index (χ1n) is 5.98. The molecule has 18 heavy (non-hydrogen) atoms. The lowest BCUT2D eigenvalue weighted by atomic mass is 10.2. The van der Waals surface area contributed by atoms with Gasteiger partial charge in [-0.1, -0.05) is 18.2 Å². The Morgan fingerprint density at radius 2 is 1.89 bits per heavy atom. The number of hydrogen-bond acceptors (Lipinski definition) is 4. The Labute approximate surface area is 112 Å². The number of thioether (sulfide) groups is 1. The summed E-state index contributed by atoms with van der Waals surface area (Å²) in [6.45, 7) is 2.76. The number of benzene rings is 1. The molecule has 0 aliphatic carbocycles. The summed E-state index contributed by atoms with van der Waals surface area (Å²) >= 11 is 1.77. The third-order valence-corrected chi connectivity index (χ3v) is 3.81. The minimum absolute atomic E-state index is 0.640. The largest absolute Gasteiger partial charge is 0.330 e. The number of nitrogens with two attached hydrogens (primary N) is 1. The molecule has 1 aromatic heterocycles. The SMILES string of the molecule is Cc1ccccc1SCc1ncc(CCN)cn1. The second kappa shape index (κ2) is 6.52. The van der Waals surface area contributed by atoms with Crippen molar-refractivity contribution in [1.29, 1.82) is 0 Å². The molecule has 0 aliphatic rings. The van der Waals surface area contributed by atoms with Gasteiger partial charge in [-0.05, 0) is 37.1 Å². The van der Waals surface area contributed by atoms with Gasteiger partial charge in [-0.2, -0.15) is 0 Å². The molecule has 0 saturated carbocycles. The smallest absolute Gasteiger partial charge is 0.138 e. The minimum atomic E-state index is 0.640. The topological polar surface area (TPSA) is 51.8 Å². The molecule has 2 N–H and O–H groups in total. The van der Waals surface area contributed by atoms with Crippen molar-refractivity contribution in [2.75, 3.05) is 6.54 Å². The maximum absolute atomic E-state index is 5.49. The van der Waals surface area contributed by atoms with Crippen LogP contribution in [0.2, 0.25) is 0 Å². The molecule has 1 heterocycles. The van der Waals surface area contributed by atoms with Gasteiger partial charge in [0, 0.05) is 17.3 Å². The summed E-state index contributed by atoms with van der Waals surface area (Å²) in [5.74, 6) is 1.66. The fourth-order valence-electron chi connectivity index (χ4n) is 1.61. The van der Waals surface area contributed by atoms with E-state index in [1.807, 2.05) is 12.4 Å². The molecule has 0 saturated heterocycles. The fraction of sp³-hybridized carbons (Fsp3) is 0.286. The highest BCUT2D eigenvalue weighted by atomic mass is 32.2. The van der Waals surface area contributed by atoms with E-state index < -0.39 is 0 Å². The molecule has 0 radical (unpaired) electrons. The quantitative estimate of drug-likeness (QED) is 0.839. The van der Waals surface area contributed by atoms with Crippen molar-refractivity contribution in [3.63, 3.8) is 0 Å². The van der Waals surface area contributed by atoms with E-state index in [0.29, 0.717) is 6.54 Å². The Hall–Kier alpha value is -1.39. The van der Waals surface area contributed by atoms with Crippen LogP contribution in [-0.4, -0.2) is 16.5 Å². The van der Waals surface area contributed by atoms with E-state index >= 15 is 0 Å². The summed E-state index contributed by atoms with van der Waals surface area (Å²) in [7, 11) is 0. The predicted octanol–water partition coefficient (Wildman–Crippen LogP) is 2.58. The van der Waals surface area contributed by atoms with Crippen LogP contribution in [0.3, 0.4) is 0 Å². The van der Waals surface area contributed by atoms with Crippen molar-refractivity contribution in [2.45, 2.75) is 24.0 Å². The van der Waals surface area contributed by atoms with E-state index in [1.165, 1.54) is 10.5 Å². The third-order valence-electron chi connectivity index (χ3n) is 2.64. The van der Waals surface area contributed by atoms with Crippen molar-refractivity contribution in [2.24, 2.45) is 5.73 Å². The number of hydrogen-bond donors (Lipinski definition) is 1. The van der Waals surface area contributed by atoms with Gasteiger partial charge in [0.2, 0.25) is 0 Å². The van der Waals surface area contributed by atoms with Crippen molar-refractivity contribution in [3.8, 4) is 0 Å². The number of aryl methyl sites for hydroxylation is 1. The second-order valence-corrected chi connectivity index (χ2v) is 5.12. The molecule has 1 aromatic carbocycles. The van der Waals surface area contributed by atoms with Crippen molar-refractivity contribution in [1.82, 2.24) is 9.97 Å². The van der Waals surface area contributed by atoms with Crippen LogP contribution in [0.15, 0.2) is 41.6 Å². The highest BCUT2D eigenvalue weighted by molar-refractivity contribution is 7.98. The van der Waals surface area contributed by atoms with Crippen LogP contribution in [0.1, 0.15) is 17.0 Å². The fourth-order valence-corrected chi connectivity index (χ4v) is 2.52. The van der Waals surface area contributed by atoms with E-state index in [-0.39, 0.29) is 0 Å². The van der Waals surface area contributed by atoms with Crippen LogP contribution < -0.4 is 5.73 Å². The summed E-state index contributed by atoms with van der Waals surface area (Å²) in [6, 6.07) is 8.36. The Morgan fingerprint density at radius 1 is 1.17 bits per heavy atom. The lowest BCUT2D eigenvalue weighted by Crippen LogP contribution is -2.04. The van der Waals surface area contributed by atoms with Gasteiger partial charge in [-0.3, -0.25) is 0 Å². The average Bonchev–Trinajstić information content (AvgIpc) is 2.40. The molecule has 0 fully saturated rings. The third kappa shape index (κ3) is 3.55. The Bertz CT molecular complexity index is 497. The first-order chi connectivity index (χ1) is 8.79. The summed E-state index contributed by atoms with van der Waals surface area (Å²) in [5.41, 5.74) is 7.88. The Kier molecular flexibility index (Phi) is 4.73. The monoisotopic (exact) mass is 259 g/mol. The molecule has 4 heteroatoms. The second-order valence-electron chi connectivity index (χ2n) is 4.10. The van der Waals surface area contributed by atoms with Gasteiger partial charge in [0.25, 0.3) is 0 Å². The van der Waals surface area contributed by atoms with E-state index in [4.69, 9.17) is 5.73 Å². The van der Waals surface area contributed by atoms with Crippen LogP contribution in [0.25, 0.3) is 0 Å². The lowest BCUT2D eigenvalue weighted by molar-refractivity contribution is 0.920. The summed E-state index contributed by atoms with van der Waals surface area (Å²) < 4.78 is 0. The van der Waals surface area contributed by atoms with Gasteiger partial charge >= 0.3 is 0 Å². The number of nitrogens with zero attached hydrogens (tertiary/aromatic N) is 2. The van der Waals surface area contributed by atoms with Crippen molar-refractivity contribution >= 4 is 11.8 Å². The number of aromatic nitrogens is 2. The zero-order chi connectivity index (χ0) is 12.8. The zero-order valence-electron chi connectivity index (χ0n) is 10.5. The molecule has 0 atom stereocenters. The molecule has 0 amide bonds. The van der Waals surface area contributed by atoms with Crippen molar-refractivity contribution in [3.05, 3.63) is 53.6 Å². The molecule has 2 rings (SSSR count). The van der Waals surface area contributed by atoms with Crippen LogP contribution in [0.4, 0.5) is 0 Å². The molecule has 94 valence electrons. The molecule has 2 aromatic rings. The maximum atomic E-state index is 5.49. The van der Waals surface area contributed by atoms with Crippen molar-refractivity contribution < 1.29 is 0 Å². The lowest BCUT2D eigenvalue weighted by Gasteiger charge is -2.04. The highest BCUT2D eigenvalue weighted by Crippen LogP contribution is 2.24. The maximum Gasteiger partial charge on any atom is 0.138 e. The molecule has 3 nitrogen and oxygen atoms in total. The standard InChI is InChI=1S/C14H17N3S/c1-11-4-2-3-5-13(11)18-10-14-16-8-12(6-7-15)9-17-14/h2-5,8-9H,6-7,10,15H2,1H3. The normalized spacial score (nSPS) is 10.6. The molecule has 0 spiro atoms. The Morgan fingerprint density at radius 3 is 2.56 bits per heavy atom. The van der Waals surface area contributed by atoms with Gasteiger partial charge in [-0.25, -0.2) is 9.97 Å².